The molecule has 2 fully saturated rings. The van der Waals surface area contributed by atoms with Crippen LogP contribution in [0.5, 0.6) is 0 Å². The first-order valence-electron chi connectivity index (χ1n) is 8.36. The first-order valence-corrected chi connectivity index (χ1v) is 8.36. The molecule has 22 heavy (non-hydrogen) atoms. The van der Waals surface area contributed by atoms with E-state index in [1.807, 2.05) is 6.08 Å². The fraction of sp³-hybridized carbons (Fsp3) is 0.526. The van der Waals surface area contributed by atoms with Crippen molar-refractivity contribution in [2.75, 3.05) is 6.54 Å². The Kier molecular flexibility index (Phi) is 4.34. The number of nitrogens with one attached hydrogen (secondary N) is 1. The molecular formula is C19H26N2O. The van der Waals surface area contributed by atoms with E-state index in [4.69, 9.17) is 0 Å². The van der Waals surface area contributed by atoms with Crippen molar-refractivity contribution in [1.29, 1.82) is 0 Å². The van der Waals surface area contributed by atoms with Crippen LogP contribution in [0.15, 0.2) is 43.0 Å². The second-order valence-corrected chi connectivity index (χ2v) is 6.84. The standard InChI is InChI=1S/C19H26N2O/c1-3-13-21-16(15-9-5-4-6-10-15)14-19(2)17(21)11-7-8-12-18(22)20-19/h3-6,9-10,16-17H,1,7-8,11-14H2,2H3,(H,20,22)/t16-,17-,19-/m0/s1. The molecule has 1 aromatic rings. The maximum Gasteiger partial charge on any atom is 0.220 e. The Morgan fingerprint density at radius 1 is 1.36 bits per heavy atom. The van der Waals surface area contributed by atoms with Crippen LogP contribution in [0.4, 0.5) is 0 Å². The minimum Gasteiger partial charge on any atom is -0.349 e. The zero-order valence-corrected chi connectivity index (χ0v) is 13.4. The Labute approximate surface area is 133 Å². The van der Waals surface area contributed by atoms with Gasteiger partial charge in [-0.05, 0) is 31.7 Å². The molecule has 0 spiro atoms. The molecule has 2 aliphatic rings. The molecule has 3 atom stereocenters. The lowest BCUT2D eigenvalue weighted by Crippen LogP contribution is -2.55. The van der Waals surface area contributed by atoms with E-state index < -0.39 is 0 Å². The van der Waals surface area contributed by atoms with E-state index in [1.165, 1.54) is 5.56 Å². The SMILES string of the molecule is C=CCN1[C@H]2CCCCC(=O)N[C@@]2(C)C[C@H]1c1ccccc1. The molecule has 0 saturated carbocycles. The van der Waals surface area contributed by atoms with Gasteiger partial charge in [-0.3, -0.25) is 9.69 Å². The van der Waals surface area contributed by atoms with E-state index in [2.05, 4.69) is 54.1 Å². The van der Waals surface area contributed by atoms with E-state index in [-0.39, 0.29) is 11.4 Å². The van der Waals surface area contributed by atoms with E-state index in [0.29, 0.717) is 18.5 Å². The zero-order chi connectivity index (χ0) is 15.6. The Hall–Kier alpha value is -1.61. The first-order chi connectivity index (χ1) is 10.6. The minimum absolute atomic E-state index is 0.138. The summed E-state index contributed by atoms with van der Waals surface area (Å²) in [5.74, 6) is 0.208. The van der Waals surface area contributed by atoms with Gasteiger partial charge in [0.2, 0.25) is 5.91 Å². The minimum atomic E-state index is -0.138. The summed E-state index contributed by atoms with van der Waals surface area (Å²) in [5.41, 5.74) is 1.20. The molecule has 118 valence electrons. The molecule has 0 radical (unpaired) electrons. The van der Waals surface area contributed by atoms with Gasteiger partial charge in [-0.25, -0.2) is 0 Å². The van der Waals surface area contributed by atoms with Gasteiger partial charge in [0.25, 0.3) is 0 Å². The molecule has 0 aromatic heterocycles. The summed E-state index contributed by atoms with van der Waals surface area (Å²) in [6, 6.07) is 11.4. The Morgan fingerprint density at radius 3 is 2.86 bits per heavy atom. The van der Waals surface area contributed by atoms with Crippen LogP contribution < -0.4 is 5.32 Å². The molecule has 2 aliphatic heterocycles. The van der Waals surface area contributed by atoms with Gasteiger partial charge in [-0.2, -0.15) is 0 Å². The van der Waals surface area contributed by atoms with Gasteiger partial charge in [0.1, 0.15) is 0 Å². The topological polar surface area (TPSA) is 32.3 Å². The number of hydrogen-bond donors (Lipinski definition) is 1. The normalized spacial score (nSPS) is 32.7. The van der Waals surface area contributed by atoms with E-state index >= 15 is 0 Å². The number of carbonyl (C=O) groups excluding carboxylic acids is 1. The lowest BCUT2D eigenvalue weighted by atomic mass is 9.85. The van der Waals surface area contributed by atoms with Crippen LogP contribution in [0.25, 0.3) is 0 Å². The summed E-state index contributed by atoms with van der Waals surface area (Å²) >= 11 is 0. The smallest absolute Gasteiger partial charge is 0.220 e. The molecule has 1 amide bonds. The number of likely N-dealkylation sites (tertiary alicyclic amines) is 1. The molecule has 1 N–H and O–H groups in total. The van der Waals surface area contributed by atoms with E-state index in [9.17, 15) is 4.79 Å². The molecule has 0 bridgehead atoms. The summed E-state index contributed by atoms with van der Waals surface area (Å²) in [4.78, 5) is 14.7. The van der Waals surface area contributed by atoms with Crippen molar-refractivity contribution in [1.82, 2.24) is 10.2 Å². The molecule has 2 saturated heterocycles. The lowest BCUT2D eigenvalue weighted by Gasteiger charge is -2.38. The Balaban J connectivity index is 1.95. The number of nitrogens with zero attached hydrogens (tertiary/aromatic N) is 1. The maximum atomic E-state index is 12.1. The van der Waals surface area contributed by atoms with Gasteiger partial charge in [0, 0.05) is 25.0 Å². The molecule has 3 heteroatoms. The van der Waals surface area contributed by atoms with Crippen molar-refractivity contribution in [3.05, 3.63) is 48.6 Å². The number of carbonyl (C=O) groups is 1. The highest BCUT2D eigenvalue weighted by Gasteiger charge is 2.49. The predicted octanol–water partition coefficient (Wildman–Crippen LogP) is 3.44. The summed E-state index contributed by atoms with van der Waals surface area (Å²) < 4.78 is 0. The Bertz CT molecular complexity index is 542. The van der Waals surface area contributed by atoms with Crippen LogP contribution in [0.1, 0.15) is 50.6 Å². The van der Waals surface area contributed by atoms with Crippen molar-refractivity contribution in [3.8, 4) is 0 Å². The van der Waals surface area contributed by atoms with Gasteiger partial charge >= 0.3 is 0 Å². The highest BCUT2D eigenvalue weighted by atomic mass is 16.1. The molecule has 0 aliphatic carbocycles. The fourth-order valence-electron chi connectivity index (χ4n) is 4.25. The molecule has 3 rings (SSSR count). The third-order valence-electron chi connectivity index (χ3n) is 5.23. The van der Waals surface area contributed by atoms with Crippen molar-refractivity contribution < 1.29 is 4.79 Å². The summed E-state index contributed by atoms with van der Waals surface area (Å²) in [6.07, 6.45) is 6.90. The quantitative estimate of drug-likeness (QED) is 0.867. The predicted molar refractivity (Wildman–Crippen MR) is 89.5 cm³/mol. The number of fused-ring (bicyclic) bond motifs is 1. The van der Waals surface area contributed by atoms with Crippen molar-refractivity contribution in [3.63, 3.8) is 0 Å². The molecule has 1 aromatic carbocycles. The number of rotatable bonds is 3. The summed E-state index contributed by atoms with van der Waals surface area (Å²) in [6.45, 7) is 7.03. The zero-order valence-electron chi connectivity index (χ0n) is 13.4. The monoisotopic (exact) mass is 298 g/mol. The van der Waals surface area contributed by atoms with Crippen molar-refractivity contribution in [2.45, 2.75) is 56.7 Å². The largest absolute Gasteiger partial charge is 0.349 e. The van der Waals surface area contributed by atoms with Gasteiger partial charge in [-0.15, -0.1) is 6.58 Å². The van der Waals surface area contributed by atoms with Crippen LogP contribution in [0.2, 0.25) is 0 Å². The van der Waals surface area contributed by atoms with Gasteiger partial charge in [0.05, 0.1) is 5.54 Å². The van der Waals surface area contributed by atoms with Crippen LogP contribution in [-0.4, -0.2) is 28.9 Å². The first kappa shape index (κ1) is 15.3. The fourth-order valence-corrected chi connectivity index (χ4v) is 4.25. The highest BCUT2D eigenvalue weighted by molar-refractivity contribution is 5.77. The van der Waals surface area contributed by atoms with Crippen molar-refractivity contribution in [2.24, 2.45) is 0 Å². The summed E-state index contributed by atoms with van der Waals surface area (Å²) in [7, 11) is 0. The highest BCUT2D eigenvalue weighted by Crippen LogP contribution is 2.44. The molecular weight excluding hydrogens is 272 g/mol. The van der Waals surface area contributed by atoms with Crippen LogP contribution in [0.3, 0.4) is 0 Å². The molecule has 0 unspecified atom stereocenters. The maximum absolute atomic E-state index is 12.1. The second-order valence-electron chi connectivity index (χ2n) is 6.84. The second kappa shape index (κ2) is 6.25. The van der Waals surface area contributed by atoms with Gasteiger partial charge in [-0.1, -0.05) is 42.8 Å². The number of benzene rings is 1. The molecule has 3 nitrogen and oxygen atoms in total. The van der Waals surface area contributed by atoms with Gasteiger partial charge < -0.3 is 5.32 Å². The van der Waals surface area contributed by atoms with E-state index in [0.717, 1.165) is 32.2 Å². The number of amides is 1. The third kappa shape index (κ3) is 2.82. The Morgan fingerprint density at radius 2 is 2.14 bits per heavy atom. The van der Waals surface area contributed by atoms with Crippen LogP contribution in [-0.2, 0) is 4.79 Å². The number of hydrogen-bond acceptors (Lipinski definition) is 2. The average molecular weight is 298 g/mol. The molecule has 2 heterocycles. The van der Waals surface area contributed by atoms with Gasteiger partial charge in [0.15, 0.2) is 0 Å². The third-order valence-corrected chi connectivity index (χ3v) is 5.23. The summed E-state index contributed by atoms with van der Waals surface area (Å²) in [5, 5.41) is 3.33. The lowest BCUT2D eigenvalue weighted by molar-refractivity contribution is -0.123. The van der Waals surface area contributed by atoms with Crippen LogP contribution in [0, 0.1) is 0 Å². The average Bonchev–Trinajstić information content (AvgIpc) is 2.75. The van der Waals surface area contributed by atoms with Crippen molar-refractivity contribution >= 4 is 5.91 Å². The van der Waals surface area contributed by atoms with E-state index in [1.54, 1.807) is 0 Å². The van der Waals surface area contributed by atoms with Crippen LogP contribution >= 0.6 is 0 Å².